The van der Waals surface area contributed by atoms with Gasteiger partial charge >= 0.3 is 5.97 Å². The summed E-state index contributed by atoms with van der Waals surface area (Å²) in [5.74, 6) is -2.26. The number of carbonyl (C=O) groups excluding carboxylic acids is 2. The third-order valence-corrected chi connectivity index (χ3v) is 4.83. The minimum atomic E-state index is -1.17. The first kappa shape index (κ1) is 19.2. The first-order valence-corrected chi connectivity index (χ1v) is 8.55. The highest BCUT2D eigenvalue weighted by molar-refractivity contribution is 7.17. The van der Waals surface area contributed by atoms with Crippen LogP contribution in [-0.4, -0.2) is 41.0 Å². The fourth-order valence-corrected chi connectivity index (χ4v) is 3.64. The van der Waals surface area contributed by atoms with Gasteiger partial charge in [0, 0.05) is 5.56 Å². The number of amides is 2. The molecule has 1 heterocycles. The van der Waals surface area contributed by atoms with Crippen LogP contribution < -0.4 is 10.6 Å². The molecular formula is C15H13Cl2N3O4S. The van der Waals surface area contributed by atoms with Crippen LogP contribution >= 0.6 is 34.5 Å². The zero-order valence-corrected chi connectivity index (χ0v) is 15.3. The van der Waals surface area contributed by atoms with Gasteiger partial charge in [0.15, 0.2) is 0 Å². The standard InChI is InChI=1S/C15H13Cl2N3O4S/c1-7-13(14(24)19-5-10(21)18-6-11(22)23)25-15(20-7)12-8(16)3-2-4-9(12)17/h2-4H,5-6H2,1H3,(H,18,21)(H,19,24)(H,22,23). The highest BCUT2D eigenvalue weighted by Crippen LogP contribution is 2.37. The molecule has 0 aliphatic rings. The lowest BCUT2D eigenvalue weighted by Gasteiger charge is -2.04. The Morgan fingerprint density at radius 1 is 1.16 bits per heavy atom. The molecule has 0 atom stereocenters. The van der Waals surface area contributed by atoms with Crippen LogP contribution in [0.15, 0.2) is 18.2 Å². The van der Waals surface area contributed by atoms with Crippen LogP contribution in [0.4, 0.5) is 0 Å². The molecule has 0 saturated heterocycles. The van der Waals surface area contributed by atoms with E-state index < -0.39 is 24.3 Å². The van der Waals surface area contributed by atoms with Crippen LogP contribution in [0.2, 0.25) is 10.0 Å². The molecule has 0 bridgehead atoms. The molecule has 0 radical (unpaired) electrons. The normalized spacial score (nSPS) is 10.4. The zero-order valence-electron chi connectivity index (χ0n) is 12.9. The van der Waals surface area contributed by atoms with Crippen LogP contribution in [0, 0.1) is 6.92 Å². The van der Waals surface area contributed by atoms with Crippen molar-refractivity contribution in [2.75, 3.05) is 13.1 Å². The van der Waals surface area contributed by atoms with E-state index in [1.165, 1.54) is 0 Å². The van der Waals surface area contributed by atoms with Gasteiger partial charge in [-0.05, 0) is 19.1 Å². The fraction of sp³-hybridized carbons (Fsp3) is 0.200. The van der Waals surface area contributed by atoms with Gasteiger partial charge in [-0.3, -0.25) is 14.4 Å². The smallest absolute Gasteiger partial charge is 0.322 e. The number of nitrogens with zero attached hydrogens (tertiary/aromatic N) is 1. The lowest BCUT2D eigenvalue weighted by atomic mass is 10.2. The number of rotatable bonds is 6. The molecule has 0 spiro atoms. The third-order valence-electron chi connectivity index (χ3n) is 3.03. The minimum Gasteiger partial charge on any atom is -0.480 e. The molecule has 7 nitrogen and oxygen atoms in total. The minimum absolute atomic E-state index is 0.317. The van der Waals surface area contributed by atoms with Crippen molar-refractivity contribution in [3.63, 3.8) is 0 Å². The molecule has 2 rings (SSSR count). The van der Waals surface area contributed by atoms with E-state index >= 15 is 0 Å². The van der Waals surface area contributed by atoms with Crippen LogP contribution in [-0.2, 0) is 9.59 Å². The number of hydrogen-bond acceptors (Lipinski definition) is 5. The number of carbonyl (C=O) groups is 3. The summed E-state index contributed by atoms with van der Waals surface area (Å²) in [5, 5.41) is 14.4. The van der Waals surface area contributed by atoms with E-state index in [9.17, 15) is 14.4 Å². The first-order valence-electron chi connectivity index (χ1n) is 6.98. The van der Waals surface area contributed by atoms with E-state index in [1.807, 2.05) is 0 Å². The number of hydrogen-bond donors (Lipinski definition) is 3. The molecule has 10 heteroatoms. The maximum Gasteiger partial charge on any atom is 0.322 e. The van der Waals surface area contributed by atoms with Crippen molar-refractivity contribution in [1.82, 2.24) is 15.6 Å². The Kier molecular flexibility index (Phi) is 6.35. The second kappa shape index (κ2) is 8.28. The number of thiazole rings is 1. The molecule has 2 amide bonds. The summed E-state index contributed by atoms with van der Waals surface area (Å²) >= 11 is 13.4. The van der Waals surface area contributed by atoms with Gasteiger partial charge in [0.1, 0.15) is 16.4 Å². The Bertz CT molecular complexity index is 818. The van der Waals surface area contributed by atoms with E-state index in [1.54, 1.807) is 25.1 Å². The van der Waals surface area contributed by atoms with Crippen LogP contribution in [0.3, 0.4) is 0 Å². The quantitative estimate of drug-likeness (QED) is 0.688. The Labute approximate surface area is 157 Å². The molecule has 25 heavy (non-hydrogen) atoms. The van der Waals surface area contributed by atoms with Crippen molar-refractivity contribution < 1.29 is 19.5 Å². The molecule has 0 aliphatic heterocycles. The van der Waals surface area contributed by atoms with E-state index in [0.717, 1.165) is 11.3 Å². The summed E-state index contributed by atoms with van der Waals surface area (Å²) in [4.78, 5) is 38.7. The average Bonchev–Trinajstić information content (AvgIpc) is 2.92. The number of nitrogens with one attached hydrogen (secondary N) is 2. The predicted molar refractivity (Wildman–Crippen MR) is 95.3 cm³/mol. The first-order chi connectivity index (χ1) is 11.8. The van der Waals surface area contributed by atoms with Crippen molar-refractivity contribution in [2.24, 2.45) is 0 Å². The number of halogens is 2. The summed E-state index contributed by atoms with van der Waals surface area (Å²) < 4.78 is 0. The third kappa shape index (κ3) is 4.91. The van der Waals surface area contributed by atoms with E-state index in [-0.39, 0.29) is 6.54 Å². The van der Waals surface area contributed by atoms with Gasteiger partial charge in [-0.2, -0.15) is 0 Å². The summed E-state index contributed by atoms with van der Waals surface area (Å²) in [6, 6.07) is 5.05. The average molecular weight is 402 g/mol. The van der Waals surface area contributed by atoms with Crippen LogP contribution in [0.5, 0.6) is 0 Å². The number of aryl methyl sites for hydroxylation is 1. The molecule has 1 aromatic heterocycles. The van der Waals surface area contributed by atoms with Crippen molar-refractivity contribution in [3.05, 3.63) is 38.8 Å². The Hall–Kier alpha value is -2.16. The van der Waals surface area contributed by atoms with Gasteiger partial charge in [-0.25, -0.2) is 4.98 Å². The van der Waals surface area contributed by atoms with E-state index in [4.69, 9.17) is 28.3 Å². The van der Waals surface area contributed by atoms with E-state index in [2.05, 4.69) is 15.6 Å². The highest BCUT2D eigenvalue weighted by atomic mass is 35.5. The maximum absolute atomic E-state index is 12.2. The number of benzene rings is 1. The largest absolute Gasteiger partial charge is 0.480 e. The van der Waals surface area contributed by atoms with Crippen molar-refractivity contribution >= 4 is 52.3 Å². The molecule has 0 aliphatic carbocycles. The summed E-state index contributed by atoms with van der Waals surface area (Å²) in [5.41, 5.74) is 1.01. The SMILES string of the molecule is Cc1nc(-c2c(Cl)cccc2Cl)sc1C(=O)NCC(=O)NCC(=O)O. The number of carboxylic acid groups (broad SMARTS) is 1. The van der Waals surface area contributed by atoms with Gasteiger partial charge in [-0.1, -0.05) is 29.3 Å². The molecule has 0 unspecified atom stereocenters. The molecule has 2 aromatic rings. The van der Waals surface area contributed by atoms with Crippen molar-refractivity contribution in [3.8, 4) is 10.6 Å². The van der Waals surface area contributed by atoms with Crippen LogP contribution in [0.25, 0.3) is 10.6 Å². The number of carboxylic acids is 1. The van der Waals surface area contributed by atoms with Gasteiger partial charge in [0.25, 0.3) is 5.91 Å². The molecule has 0 fully saturated rings. The van der Waals surface area contributed by atoms with Gasteiger partial charge in [-0.15, -0.1) is 11.3 Å². The number of aromatic nitrogens is 1. The lowest BCUT2D eigenvalue weighted by molar-refractivity contribution is -0.137. The molecule has 0 saturated carbocycles. The van der Waals surface area contributed by atoms with E-state index in [0.29, 0.717) is 31.2 Å². The number of aliphatic carboxylic acids is 1. The topological polar surface area (TPSA) is 108 Å². The molecule has 3 N–H and O–H groups in total. The van der Waals surface area contributed by atoms with Crippen molar-refractivity contribution in [1.29, 1.82) is 0 Å². The van der Waals surface area contributed by atoms with Gasteiger partial charge in [0.2, 0.25) is 5.91 Å². The summed E-state index contributed by atoms with van der Waals surface area (Å²) in [7, 11) is 0. The second-order valence-electron chi connectivity index (χ2n) is 4.88. The Morgan fingerprint density at radius 2 is 1.80 bits per heavy atom. The molecular weight excluding hydrogens is 389 g/mol. The lowest BCUT2D eigenvalue weighted by Crippen LogP contribution is -2.38. The van der Waals surface area contributed by atoms with Gasteiger partial charge < -0.3 is 15.7 Å². The fourth-order valence-electron chi connectivity index (χ4n) is 1.89. The molecule has 1 aromatic carbocycles. The predicted octanol–water partition coefficient (Wildman–Crippen LogP) is 2.36. The molecule has 132 valence electrons. The van der Waals surface area contributed by atoms with Gasteiger partial charge in [0.05, 0.1) is 22.3 Å². The summed E-state index contributed by atoms with van der Waals surface area (Å²) in [6.07, 6.45) is 0. The van der Waals surface area contributed by atoms with Crippen LogP contribution in [0.1, 0.15) is 15.4 Å². The summed E-state index contributed by atoms with van der Waals surface area (Å²) in [6.45, 7) is 0.805. The van der Waals surface area contributed by atoms with Crippen molar-refractivity contribution in [2.45, 2.75) is 6.92 Å². The second-order valence-corrected chi connectivity index (χ2v) is 6.70. The highest BCUT2D eigenvalue weighted by Gasteiger charge is 2.19. The monoisotopic (exact) mass is 401 g/mol. The zero-order chi connectivity index (χ0) is 18.6. The Morgan fingerprint density at radius 3 is 2.40 bits per heavy atom. The maximum atomic E-state index is 12.2. The Balaban J connectivity index is 2.11.